The Labute approximate surface area is 147 Å². The van der Waals surface area contributed by atoms with Crippen molar-refractivity contribution in [3.63, 3.8) is 0 Å². The highest BCUT2D eigenvalue weighted by molar-refractivity contribution is 5.86. The summed E-state index contributed by atoms with van der Waals surface area (Å²) in [4.78, 5) is 24.0. The van der Waals surface area contributed by atoms with Gasteiger partial charge >= 0.3 is 0 Å². The van der Waals surface area contributed by atoms with Crippen LogP contribution in [-0.2, 0) is 20.0 Å². The summed E-state index contributed by atoms with van der Waals surface area (Å²) < 4.78 is 15.0. The minimum atomic E-state index is -0.383. The van der Waals surface area contributed by atoms with Crippen LogP contribution in [-0.4, -0.2) is 24.7 Å². The van der Waals surface area contributed by atoms with Crippen LogP contribution >= 0.6 is 0 Å². The van der Waals surface area contributed by atoms with Gasteiger partial charge in [-0.05, 0) is 29.7 Å². The fraction of sp³-hybridized carbons (Fsp3) is 0.222. The first kappa shape index (κ1) is 16.2. The molecule has 0 bridgehead atoms. The monoisotopic (exact) mass is 352 g/mol. The summed E-state index contributed by atoms with van der Waals surface area (Å²) in [7, 11) is 1.83. The van der Waals surface area contributed by atoms with Crippen molar-refractivity contribution in [2.45, 2.75) is 19.9 Å². The molecule has 8 heteroatoms. The van der Waals surface area contributed by atoms with Gasteiger partial charge in [-0.3, -0.25) is 9.48 Å². The number of aryl methyl sites for hydroxylation is 2. The third-order valence-corrected chi connectivity index (χ3v) is 4.29. The Bertz CT molecular complexity index is 1180. The molecular formula is C18H17FN6O. The zero-order valence-electron chi connectivity index (χ0n) is 14.4. The molecule has 3 aromatic heterocycles. The van der Waals surface area contributed by atoms with Crippen molar-refractivity contribution in [1.29, 1.82) is 0 Å². The molecule has 0 aliphatic rings. The Kier molecular flexibility index (Phi) is 3.87. The van der Waals surface area contributed by atoms with Crippen LogP contribution in [0.15, 0.2) is 35.3 Å². The van der Waals surface area contributed by atoms with E-state index in [2.05, 4.69) is 25.4 Å². The first-order valence-corrected chi connectivity index (χ1v) is 8.29. The molecule has 0 fully saturated rings. The third-order valence-electron chi connectivity index (χ3n) is 4.29. The van der Waals surface area contributed by atoms with E-state index in [1.54, 1.807) is 23.0 Å². The second-order valence-corrected chi connectivity index (χ2v) is 6.06. The number of benzene rings is 1. The normalized spacial score (nSPS) is 11.3. The average molecular weight is 352 g/mol. The van der Waals surface area contributed by atoms with Crippen molar-refractivity contribution in [3.8, 4) is 0 Å². The number of H-pyrrole nitrogens is 1. The van der Waals surface area contributed by atoms with Gasteiger partial charge in [0.25, 0.3) is 5.56 Å². The Balaban J connectivity index is 1.70. The van der Waals surface area contributed by atoms with Gasteiger partial charge in [0.1, 0.15) is 17.5 Å². The van der Waals surface area contributed by atoms with E-state index in [9.17, 15) is 9.18 Å². The molecule has 0 saturated heterocycles. The predicted octanol–water partition coefficient (Wildman–Crippen LogP) is 2.52. The maximum Gasteiger partial charge on any atom is 0.253 e. The van der Waals surface area contributed by atoms with Gasteiger partial charge in [-0.1, -0.05) is 6.92 Å². The summed E-state index contributed by atoms with van der Waals surface area (Å²) >= 11 is 0. The smallest absolute Gasteiger partial charge is 0.253 e. The van der Waals surface area contributed by atoms with Gasteiger partial charge < -0.3 is 10.3 Å². The zero-order chi connectivity index (χ0) is 18.3. The van der Waals surface area contributed by atoms with Crippen LogP contribution in [0.25, 0.3) is 21.9 Å². The van der Waals surface area contributed by atoms with Crippen LogP contribution in [0.3, 0.4) is 0 Å². The molecule has 0 aliphatic heterocycles. The summed E-state index contributed by atoms with van der Waals surface area (Å²) in [6.07, 6.45) is 2.39. The quantitative estimate of drug-likeness (QED) is 0.589. The second kappa shape index (κ2) is 6.21. The number of nitrogens with one attached hydrogen (secondary N) is 2. The van der Waals surface area contributed by atoms with Crippen LogP contribution in [0, 0.1) is 5.82 Å². The van der Waals surface area contributed by atoms with Crippen molar-refractivity contribution in [1.82, 2.24) is 24.7 Å². The maximum atomic E-state index is 13.3. The van der Waals surface area contributed by atoms with E-state index < -0.39 is 0 Å². The summed E-state index contributed by atoms with van der Waals surface area (Å²) in [6.45, 7) is 2.27. The Morgan fingerprint density at radius 3 is 2.92 bits per heavy atom. The van der Waals surface area contributed by atoms with Gasteiger partial charge in [0.2, 0.25) is 0 Å². The fourth-order valence-corrected chi connectivity index (χ4v) is 2.89. The molecule has 0 atom stereocenters. The topological polar surface area (TPSA) is 88.5 Å². The van der Waals surface area contributed by atoms with Crippen LogP contribution in [0.2, 0.25) is 0 Å². The number of aromatic nitrogens is 5. The van der Waals surface area contributed by atoms with E-state index in [1.165, 1.54) is 12.1 Å². The van der Waals surface area contributed by atoms with E-state index in [0.29, 0.717) is 29.1 Å². The summed E-state index contributed by atoms with van der Waals surface area (Å²) in [6, 6.07) is 6.08. The lowest BCUT2D eigenvalue weighted by Gasteiger charge is -2.09. The number of fused-ring (bicyclic) bond motifs is 2. The molecular weight excluding hydrogens is 335 g/mol. The van der Waals surface area contributed by atoms with Gasteiger partial charge in [0.15, 0.2) is 5.65 Å². The van der Waals surface area contributed by atoms with Gasteiger partial charge in [0.05, 0.1) is 17.1 Å². The number of nitrogens with zero attached hydrogens (tertiary/aromatic N) is 4. The number of hydrogen-bond donors (Lipinski definition) is 2. The van der Waals surface area contributed by atoms with Gasteiger partial charge in [-0.2, -0.15) is 5.10 Å². The largest absolute Gasteiger partial charge is 0.365 e. The lowest BCUT2D eigenvalue weighted by atomic mass is 10.1. The van der Waals surface area contributed by atoms with Gasteiger partial charge in [0, 0.05) is 25.6 Å². The summed E-state index contributed by atoms with van der Waals surface area (Å²) in [5, 5.41) is 9.00. The zero-order valence-corrected chi connectivity index (χ0v) is 14.4. The molecule has 0 saturated carbocycles. The summed E-state index contributed by atoms with van der Waals surface area (Å²) in [5.41, 5.74) is 1.49. The van der Waals surface area contributed by atoms with Crippen molar-refractivity contribution < 1.29 is 4.39 Å². The Hall–Kier alpha value is -3.29. The molecule has 1 aromatic carbocycles. The second-order valence-electron chi connectivity index (χ2n) is 6.06. The molecule has 3 heterocycles. The van der Waals surface area contributed by atoms with E-state index in [-0.39, 0.29) is 17.9 Å². The average Bonchev–Trinajstić information content (AvgIpc) is 3.00. The molecule has 4 rings (SSSR count). The molecule has 7 nitrogen and oxygen atoms in total. The van der Waals surface area contributed by atoms with Gasteiger partial charge in [-0.15, -0.1) is 0 Å². The number of rotatable bonds is 4. The molecule has 0 aliphatic carbocycles. The predicted molar refractivity (Wildman–Crippen MR) is 97.5 cm³/mol. The van der Waals surface area contributed by atoms with Gasteiger partial charge in [-0.25, -0.2) is 14.4 Å². The fourth-order valence-electron chi connectivity index (χ4n) is 2.89. The van der Waals surface area contributed by atoms with Crippen LogP contribution in [0.5, 0.6) is 0 Å². The van der Waals surface area contributed by atoms with E-state index in [0.717, 1.165) is 16.4 Å². The standard InChI is InChI=1S/C18H17FN6O/c1-3-15-23-16(13-9-21-25(2)17(13)24-15)20-8-11-6-10-4-5-12(19)7-14(10)22-18(11)26/h4-7,9H,3,8H2,1-2H3,(H,22,26)(H,20,23,24). The molecule has 0 unspecified atom stereocenters. The Morgan fingerprint density at radius 1 is 1.27 bits per heavy atom. The number of aromatic amines is 1. The molecule has 0 amide bonds. The van der Waals surface area contributed by atoms with Crippen molar-refractivity contribution in [2.24, 2.45) is 7.05 Å². The highest BCUT2D eigenvalue weighted by Crippen LogP contribution is 2.20. The van der Waals surface area contributed by atoms with E-state index in [4.69, 9.17) is 0 Å². The molecule has 2 N–H and O–H groups in total. The highest BCUT2D eigenvalue weighted by atomic mass is 19.1. The number of hydrogen-bond acceptors (Lipinski definition) is 5. The number of anilines is 1. The molecule has 0 spiro atoms. The minimum Gasteiger partial charge on any atom is -0.365 e. The number of pyridine rings is 1. The van der Waals surface area contributed by atoms with Crippen molar-refractivity contribution >= 4 is 27.8 Å². The molecule has 0 radical (unpaired) electrons. The lowest BCUT2D eigenvalue weighted by molar-refractivity contribution is 0.629. The van der Waals surface area contributed by atoms with E-state index >= 15 is 0 Å². The maximum absolute atomic E-state index is 13.3. The lowest BCUT2D eigenvalue weighted by Crippen LogP contribution is -2.16. The van der Waals surface area contributed by atoms with Crippen molar-refractivity contribution in [3.05, 3.63) is 58.0 Å². The minimum absolute atomic E-state index is 0.261. The Morgan fingerprint density at radius 2 is 2.12 bits per heavy atom. The van der Waals surface area contributed by atoms with Crippen molar-refractivity contribution in [2.75, 3.05) is 5.32 Å². The first-order chi connectivity index (χ1) is 12.5. The molecule has 4 aromatic rings. The molecule has 132 valence electrons. The molecule has 26 heavy (non-hydrogen) atoms. The van der Waals surface area contributed by atoms with Crippen LogP contribution in [0.4, 0.5) is 10.2 Å². The highest BCUT2D eigenvalue weighted by Gasteiger charge is 2.12. The number of halogens is 1. The van der Waals surface area contributed by atoms with Crippen LogP contribution < -0.4 is 10.9 Å². The SMILES string of the molecule is CCc1nc(NCc2cc3ccc(F)cc3[nH]c2=O)c2cnn(C)c2n1. The third kappa shape index (κ3) is 2.79. The van der Waals surface area contributed by atoms with E-state index in [1.807, 2.05) is 14.0 Å². The summed E-state index contributed by atoms with van der Waals surface area (Å²) in [5.74, 6) is 0.955. The van der Waals surface area contributed by atoms with Crippen LogP contribution in [0.1, 0.15) is 18.3 Å². The first-order valence-electron chi connectivity index (χ1n) is 8.29.